The monoisotopic (exact) mass is 450 g/mol. The van der Waals surface area contributed by atoms with E-state index in [9.17, 15) is 9.90 Å². The molecule has 2 rings (SSSR count). The fraction of sp³-hybridized carbons (Fsp3) is 0.458. The summed E-state index contributed by atoms with van der Waals surface area (Å²) in [5.74, 6) is 1.15. The van der Waals surface area contributed by atoms with Crippen LogP contribution in [0.3, 0.4) is 0 Å². The molecule has 0 radical (unpaired) electrons. The molecule has 0 fully saturated rings. The maximum absolute atomic E-state index is 11.2. The van der Waals surface area contributed by atoms with Gasteiger partial charge >= 0.3 is 5.97 Å². The first-order valence-corrected chi connectivity index (χ1v) is 10.7. The number of hydrogen-bond acceptors (Lipinski definition) is 6. The predicted molar refractivity (Wildman–Crippen MR) is 120 cm³/mol. The minimum absolute atomic E-state index is 0.140. The highest BCUT2D eigenvalue weighted by atomic mass is 35.5. The van der Waals surface area contributed by atoms with Crippen molar-refractivity contribution in [2.45, 2.75) is 38.4 Å². The highest BCUT2D eigenvalue weighted by Crippen LogP contribution is 2.33. The molecule has 0 heterocycles. The second-order valence-corrected chi connectivity index (χ2v) is 8.10. The van der Waals surface area contributed by atoms with Gasteiger partial charge in [0.2, 0.25) is 0 Å². The van der Waals surface area contributed by atoms with Crippen molar-refractivity contribution in [3.05, 3.63) is 59.7 Å². The van der Waals surface area contributed by atoms with Crippen molar-refractivity contribution in [3.8, 4) is 11.5 Å². The highest BCUT2D eigenvalue weighted by Gasteiger charge is 2.23. The van der Waals surface area contributed by atoms with E-state index in [1.54, 1.807) is 7.11 Å². The van der Waals surface area contributed by atoms with E-state index < -0.39 is 12.2 Å². The molecule has 0 aliphatic rings. The molecule has 0 spiro atoms. The number of alkyl halides is 1. The van der Waals surface area contributed by atoms with Crippen molar-refractivity contribution in [1.29, 1.82) is 0 Å². The molecular formula is C24H31ClO6. The number of aliphatic hydroxyl groups excluding tert-OH is 1. The summed E-state index contributed by atoms with van der Waals surface area (Å²) in [7, 11) is 1.55. The summed E-state index contributed by atoms with van der Waals surface area (Å²) in [4.78, 5) is 11.2. The largest absolute Gasteiger partial charge is 0.491 e. The topological polar surface area (TPSA) is 74.2 Å². The molecule has 2 atom stereocenters. The van der Waals surface area contributed by atoms with E-state index in [-0.39, 0.29) is 37.1 Å². The summed E-state index contributed by atoms with van der Waals surface area (Å²) in [6.07, 6.45) is -1.14. The Bertz CT molecular complexity index is 804. The molecule has 0 aliphatic heterocycles. The van der Waals surface area contributed by atoms with Gasteiger partial charge in [0.1, 0.15) is 30.8 Å². The van der Waals surface area contributed by atoms with Crippen LogP contribution in [0.4, 0.5) is 0 Å². The third-order valence-electron chi connectivity index (χ3n) is 4.89. The Labute approximate surface area is 189 Å². The quantitative estimate of drug-likeness (QED) is 0.390. The second-order valence-electron chi connectivity index (χ2n) is 7.79. The van der Waals surface area contributed by atoms with Gasteiger partial charge in [0.15, 0.2) is 6.10 Å². The van der Waals surface area contributed by atoms with Crippen LogP contribution >= 0.6 is 11.6 Å². The normalized spacial score (nSPS) is 13.4. The van der Waals surface area contributed by atoms with Gasteiger partial charge in [0.25, 0.3) is 0 Å². The molecule has 2 unspecified atom stereocenters. The number of esters is 1. The average Bonchev–Trinajstić information content (AvgIpc) is 2.76. The third kappa shape index (κ3) is 7.73. The lowest BCUT2D eigenvalue weighted by Crippen LogP contribution is -2.28. The number of rotatable bonds is 12. The molecule has 31 heavy (non-hydrogen) atoms. The van der Waals surface area contributed by atoms with E-state index in [4.69, 9.17) is 30.5 Å². The Hall–Kier alpha value is -2.28. The van der Waals surface area contributed by atoms with E-state index in [1.807, 2.05) is 48.5 Å². The number of ether oxygens (including phenoxy) is 4. The first-order valence-electron chi connectivity index (χ1n) is 10.1. The van der Waals surface area contributed by atoms with Gasteiger partial charge in [-0.25, -0.2) is 0 Å². The van der Waals surface area contributed by atoms with Crippen LogP contribution in [0.2, 0.25) is 0 Å². The lowest BCUT2D eigenvalue weighted by atomic mass is 9.78. The minimum atomic E-state index is -0.683. The average molecular weight is 451 g/mol. The molecule has 0 bridgehead atoms. The molecule has 0 aromatic heterocycles. The Morgan fingerprint density at radius 1 is 0.935 bits per heavy atom. The van der Waals surface area contributed by atoms with Crippen molar-refractivity contribution in [1.82, 2.24) is 0 Å². The lowest BCUT2D eigenvalue weighted by molar-refractivity contribution is -0.150. The summed E-state index contributed by atoms with van der Waals surface area (Å²) in [6.45, 7) is 6.31. The van der Waals surface area contributed by atoms with E-state index in [2.05, 4.69) is 13.8 Å². The van der Waals surface area contributed by atoms with Crippen LogP contribution in [0.5, 0.6) is 11.5 Å². The first kappa shape index (κ1) is 25.0. The Kier molecular flexibility index (Phi) is 9.62. The second kappa shape index (κ2) is 11.9. The van der Waals surface area contributed by atoms with Gasteiger partial charge in [-0.15, -0.1) is 11.6 Å². The molecular weight excluding hydrogens is 420 g/mol. The maximum atomic E-state index is 11.2. The molecule has 6 nitrogen and oxygen atoms in total. The van der Waals surface area contributed by atoms with E-state index >= 15 is 0 Å². The van der Waals surface area contributed by atoms with E-state index in [1.165, 1.54) is 6.92 Å². The molecule has 2 aromatic carbocycles. The van der Waals surface area contributed by atoms with Crippen LogP contribution in [0.15, 0.2) is 48.5 Å². The molecule has 0 amide bonds. The number of aliphatic hydroxyl groups is 1. The van der Waals surface area contributed by atoms with Gasteiger partial charge < -0.3 is 24.1 Å². The number of benzene rings is 2. The molecule has 170 valence electrons. The lowest BCUT2D eigenvalue weighted by Gasteiger charge is -2.26. The Morgan fingerprint density at radius 3 is 1.84 bits per heavy atom. The van der Waals surface area contributed by atoms with Gasteiger partial charge in [-0.3, -0.25) is 4.79 Å². The predicted octanol–water partition coefficient (Wildman–Crippen LogP) is 3.95. The van der Waals surface area contributed by atoms with Gasteiger partial charge in [0.05, 0.1) is 12.5 Å². The van der Waals surface area contributed by atoms with Crippen LogP contribution in [0, 0.1) is 0 Å². The maximum Gasteiger partial charge on any atom is 0.303 e. The van der Waals surface area contributed by atoms with Crippen molar-refractivity contribution < 1.29 is 28.8 Å². The smallest absolute Gasteiger partial charge is 0.303 e. The number of carbonyl (C=O) groups excluding carboxylic acids is 1. The summed E-state index contributed by atoms with van der Waals surface area (Å²) in [6, 6.07) is 15.7. The number of methoxy groups -OCH3 is 1. The molecule has 0 aliphatic carbocycles. The highest BCUT2D eigenvalue weighted by molar-refractivity contribution is 6.18. The number of carbonyl (C=O) groups is 1. The summed E-state index contributed by atoms with van der Waals surface area (Å²) >= 11 is 5.59. The van der Waals surface area contributed by atoms with Crippen molar-refractivity contribution in [3.63, 3.8) is 0 Å². The number of hydrogen-bond donors (Lipinski definition) is 1. The Morgan fingerprint density at radius 2 is 1.42 bits per heavy atom. The van der Waals surface area contributed by atoms with Gasteiger partial charge in [-0.1, -0.05) is 38.1 Å². The molecule has 7 heteroatoms. The van der Waals surface area contributed by atoms with Gasteiger partial charge in [-0.2, -0.15) is 0 Å². The zero-order valence-corrected chi connectivity index (χ0v) is 19.2. The zero-order valence-electron chi connectivity index (χ0n) is 18.5. The van der Waals surface area contributed by atoms with Crippen LogP contribution in [-0.4, -0.2) is 56.1 Å². The fourth-order valence-corrected chi connectivity index (χ4v) is 3.15. The SMILES string of the molecule is COCC(COc1ccc(C(C)(C)c2ccc(OCC(O)CCl)cc2)cc1)OC(C)=O. The standard InChI is InChI=1S/C24H31ClO6/c1-17(26)31-23(15-28-4)16-30-22-11-7-19(8-12-22)24(2,3)18-5-9-21(10-6-18)29-14-20(27)13-25/h5-12,20,23,27H,13-16H2,1-4H3. The summed E-state index contributed by atoms with van der Waals surface area (Å²) < 4.78 is 21.5. The molecule has 1 N–H and O–H groups in total. The molecule has 2 aromatic rings. The minimum Gasteiger partial charge on any atom is -0.491 e. The summed E-state index contributed by atoms with van der Waals surface area (Å²) in [5, 5.41) is 9.51. The summed E-state index contributed by atoms with van der Waals surface area (Å²) in [5.41, 5.74) is 2.02. The van der Waals surface area contributed by atoms with Crippen molar-refractivity contribution >= 4 is 17.6 Å². The first-order chi connectivity index (χ1) is 14.8. The van der Waals surface area contributed by atoms with Gasteiger partial charge in [0, 0.05) is 19.4 Å². The van der Waals surface area contributed by atoms with Gasteiger partial charge in [-0.05, 0) is 35.4 Å². The zero-order chi connectivity index (χ0) is 22.9. The molecule has 0 saturated heterocycles. The third-order valence-corrected chi connectivity index (χ3v) is 5.25. The van der Waals surface area contributed by atoms with E-state index in [0.29, 0.717) is 11.5 Å². The van der Waals surface area contributed by atoms with Crippen LogP contribution < -0.4 is 9.47 Å². The molecule has 0 saturated carbocycles. The van der Waals surface area contributed by atoms with Crippen LogP contribution in [0.1, 0.15) is 31.9 Å². The van der Waals surface area contributed by atoms with Crippen molar-refractivity contribution in [2.75, 3.05) is 32.8 Å². The van der Waals surface area contributed by atoms with Crippen LogP contribution in [-0.2, 0) is 19.7 Å². The Balaban J connectivity index is 2.01. The van der Waals surface area contributed by atoms with E-state index in [0.717, 1.165) is 11.1 Å². The fourth-order valence-electron chi connectivity index (χ4n) is 3.07. The number of halogens is 1. The van der Waals surface area contributed by atoms with Crippen LogP contribution in [0.25, 0.3) is 0 Å². The van der Waals surface area contributed by atoms with Crippen molar-refractivity contribution in [2.24, 2.45) is 0 Å².